The molecule has 1 fully saturated rings. The standard InChI is InChI=1S/C13H15N3O2/c1-18-13(17)11-6-2-3-8-16(11)12-7-4-5-10(9-14)15-12/h4-5,7,11H,2-3,6,8H2,1H3. The molecule has 1 atom stereocenters. The number of hydrogen-bond donors (Lipinski definition) is 0. The number of piperidine rings is 1. The fourth-order valence-corrected chi connectivity index (χ4v) is 2.23. The lowest BCUT2D eigenvalue weighted by molar-refractivity contribution is -0.142. The number of ether oxygens (including phenoxy) is 1. The van der Waals surface area contributed by atoms with Gasteiger partial charge in [-0.1, -0.05) is 6.07 Å². The number of anilines is 1. The van der Waals surface area contributed by atoms with Crippen LogP contribution in [0.3, 0.4) is 0 Å². The molecule has 5 nitrogen and oxygen atoms in total. The zero-order valence-corrected chi connectivity index (χ0v) is 10.3. The maximum atomic E-state index is 11.7. The highest BCUT2D eigenvalue weighted by atomic mass is 16.5. The van der Waals surface area contributed by atoms with Crippen molar-refractivity contribution in [1.82, 2.24) is 4.98 Å². The molecule has 0 amide bonds. The van der Waals surface area contributed by atoms with Crippen LogP contribution in [-0.4, -0.2) is 30.6 Å². The van der Waals surface area contributed by atoms with Crippen LogP contribution < -0.4 is 4.90 Å². The lowest BCUT2D eigenvalue weighted by Crippen LogP contribution is -2.45. The average molecular weight is 245 g/mol. The van der Waals surface area contributed by atoms with Gasteiger partial charge in [-0.15, -0.1) is 0 Å². The van der Waals surface area contributed by atoms with Crippen molar-refractivity contribution in [2.24, 2.45) is 0 Å². The molecule has 18 heavy (non-hydrogen) atoms. The Morgan fingerprint density at radius 2 is 2.39 bits per heavy atom. The van der Waals surface area contributed by atoms with Crippen LogP contribution in [-0.2, 0) is 9.53 Å². The van der Waals surface area contributed by atoms with Crippen LogP contribution in [0.25, 0.3) is 0 Å². The minimum Gasteiger partial charge on any atom is -0.467 e. The summed E-state index contributed by atoms with van der Waals surface area (Å²) in [6.45, 7) is 0.766. The fourth-order valence-electron chi connectivity index (χ4n) is 2.23. The highest BCUT2D eigenvalue weighted by molar-refractivity contribution is 5.79. The number of esters is 1. The first-order valence-corrected chi connectivity index (χ1v) is 5.98. The largest absolute Gasteiger partial charge is 0.467 e. The molecule has 1 aromatic heterocycles. The predicted octanol–water partition coefficient (Wildman–Crippen LogP) is 1.49. The van der Waals surface area contributed by atoms with Gasteiger partial charge in [-0.2, -0.15) is 5.26 Å². The minimum absolute atomic E-state index is 0.237. The Hall–Kier alpha value is -2.09. The Balaban J connectivity index is 2.28. The number of carbonyl (C=O) groups is 1. The molecular weight excluding hydrogens is 230 g/mol. The van der Waals surface area contributed by atoms with Gasteiger partial charge in [0.1, 0.15) is 23.6 Å². The Morgan fingerprint density at radius 1 is 1.56 bits per heavy atom. The van der Waals surface area contributed by atoms with E-state index in [1.807, 2.05) is 17.0 Å². The topological polar surface area (TPSA) is 66.2 Å². The molecule has 94 valence electrons. The molecule has 0 bridgehead atoms. The van der Waals surface area contributed by atoms with Gasteiger partial charge in [0, 0.05) is 6.54 Å². The maximum Gasteiger partial charge on any atom is 0.328 e. The zero-order valence-electron chi connectivity index (χ0n) is 10.3. The van der Waals surface area contributed by atoms with Crippen LogP contribution in [0, 0.1) is 11.3 Å². The molecule has 0 spiro atoms. The normalized spacial score (nSPS) is 19.1. The second kappa shape index (κ2) is 5.50. The summed E-state index contributed by atoms with van der Waals surface area (Å²) in [6, 6.07) is 6.98. The van der Waals surface area contributed by atoms with Gasteiger partial charge in [0.25, 0.3) is 0 Å². The summed E-state index contributed by atoms with van der Waals surface area (Å²) >= 11 is 0. The summed E-state index contributed by atoms with van der Waals surface area (Å²) in [5, 5.41) is 8.86. The Morgan fingerprint density at radius 3 is 3.11 bits per heavy atom. The number of nitriles is 1. The highest BCUT2D eigenvalue weighted by Gasteiger charge is 2.30. The lowest BCUT2D eigenvalue weighted by atomic mass is 10.0. The van der Waals surface area contributed by atoms with Gasteiger partial charge in [-0.3, -0.25) is 0 Å². The molecule has 2 rings (SSSR count). The second-order valence-electron chi connectivity index (χ2n) is 4.22. The summed E-state index contributed by atoms with van der Waals surface area (Å²) in [5.74, 6) is 0.433. The van der Waals surface area contributed by atoms with E-state index in [-0.39, 0.29) is 12.0 Å². The summed E-state index contributed by atoms with van der Waals surface area (Å²) in [6.07, 6.45) is 2.80. The predicted molar refractivity (Wildman–Crippen MR) is 66.0 cm³/mol. The maximum absolute atomic E-state index is 11.7. The molecule has 1 aromatic rings. The smallest absolute Gasteiger partial charge is 0.328 e. The van der Waals surface area contributed by atoms with E-state index in [9.17, 15) is 4.79 Å². The van der Waals surface area contributed by atoms with Crippen LogP contribution >= 0.6 is 0 Å². The van der Waals surface area contributed by atoms with Gasteiger partial charge in [-0.25, -0.2) is 9.78 Å². The van der Waals surface area contributed by atoms with Crippen molar-refractivity contribution in [3.8, 4) is 6.07 Å². The molecule has 0 aromatic carbocycles. The monoisotopic (exact) mass is 245 g/mol. The number of methoxy groups -OCH3 is 1. The molecule has 1 unspecified atom stereocenters. The molecule has 5 heteroatoms. The SMILES string of the molecule is COC(=O)C1CCCCN1c1cccc(C#N)n1. The zero-order chi connectivity index (χ0) is 13.0. The summed E-state index contributed by atoms with van der Waals surface area (Å²) in [5.41, 5.74) is 0.363. The Bertz CT molecular complexity index is 481. The van der Waals surface area contributed by atoms with E-state index in [0.29, 0.717) is 11.5 Å². The Labute approximate surface area is 106 Å². The summed E-state index contributed by atoms with van der Waals surface area (Å²) in [4.78, 5) is 17.9. The van der Waals surface area contributed by atoms with Crippen LogP contribution in [0.2, 0.25) is 0 Å². The van der Waals surface area contributed by atoms with E-state index in [2.05, 4.69) is 4.98 Å². The van der Waals surface area contributed by atoms with Gasteiger partial charge in [-0.05, 0) is 31.4 Å². The van der Waals surface area contributed by atoms with Gasteiger partial charge in [0.2, 0.25) is 0 Å². The van der Waals surface area contributed by atoms with Crippen molar-refractivity contribution < 1.29 is 9.53 Å². The molecule has 0 aliphatic carbocycles. The van der Waals surface area contributed by atoms with Crippen molar-refractivity contribution in [3.63, 3.8) is 0 Å². The van der Waals surface area contributed by atoms with E-state index in [1.165, 1.54) is 7.11 Å². The first kappa shape index (κ1) is 12.4. The molecule has 2 heterocycles. The van der Waals surface area contributed by atoms with Crippen LogP contribution in [0.4, 0.5) is 5.82 Å². The first-order valence-electron chi connectivity index (χ1n) is 5.98. The number of aromatic nitrogens is 1. The van der Waals surface area contributed by atoms with Crippen molar-refractivity contribution in [1.29, 1.82) is 5.26 Å². The molecule has 1 aliphatic rings. The first-order chi connectivity index (χ1) is 8.76. The van der Waals surface area contributed by atoms with Crippen LogP contribution in [0.5, 0.6) is 0 Å². The fraction of sp³-hybridized carbons (Fsp3) is 0.462. The third kappa shape index (κ3) is 2.43. The van der Waals surface area contributed by atoms with Crippen molar-refractivity contribution in [3.05, 3.63) is 23.9 Å². The molecule has 0 saturated carbocycles. The quantitative estimate of drug-likeness (QED) is 0.738. The number of hydrogen-bond acceptors (Lipinski definition) is 5. The molecule has 0 N–H and O–H groups in total. The van der Waals surface area contributed by atoms with Gasteiger partial charge in [0.15, 0.2) is 0 Å². The summed E-state index contributed by atoms with van der Waals surface area (Å²) < 4.78 is 4.82. The molecular formula is C13H15N3O2. The third-order valence-electron chi connectivity index (χ3n) is 3.12. The number of rotatable bonds is 2. The molecule has 1 aliphatic heterocycles. The van der Waals surface area contributed by atoms with E-state index in [1.54, 1.807) is 12.1 Å². The second-order valence-corrected chi connectivity index (χ2v) is 4.22. The van der Waals surface area contributed by atoms with Crippen LogP contribution in [0.15, 0.2) is 18.2 Å². The summed E-state index contributed by atoms with van der Waals surface area (Å²) in [7, 11) is 1.40. The average Bonchev–Trinajstić information content (AvgIpc) is 2.46. The number of nitrogens with zero attached hydrogens (tertiary/aromatic N) is 3. The van der Waals surface area contributed by atoms with E-state index < -0.39 is 0 Å². The van der Waals surface area contributed by atoms with Crippen LogP contribution in [0.1, 0.15) is 25.0 Å². The van der Waals surface area contributed by atoms with E-state index in [4.69, 9.17) is 10.00 Å². The van der Waals surface area contributed by atoms with Crippen molar-refractivity contribution >= 4 is 11.8 Å². The number of pyridine rings is 1. The van der Waals surface area contributed by atoms with Gasteiger partial charge >= 0.3 is 5.97 Å². The van der Waals surface area contributed by atoms with Gasteiger partial charge < -0.3 is 9.64 Å². The van der Waals surface area contributed by atoms with Crippen molar-refractivity contribution in [2.75, 3.05) is 18.6 Å². The Kier molecular flexibility index (Phi) is 3.78. The minimum atomic E-state index is -0.287. The molecule has 1 saturated heterocycles. The lowest BCUT2D eigenvalue weighted by Gasteiger charge is -2.34. The highest BCUT2D eigenvalue weighted by Crippen LogP contribution is 2.24. The van der Waals surface area contributed by atoms with Gasteiger partial charge in [0.05, 0.1) is 7.11 Å². The number of carbonyl (C=O) groups excluding carboxylic acids is 1. The third-order valence-corrected chi connectivity index (χ3v) is 3.12. The van der Waals surface area contributed by atoms with E-state index >= 15 is 0 Å². The van der Waals surface area contributed by atoms with E-state index in [0.717, 1.165) is 25.8 Å². The molecule has 0 radical (unpaired) electrons. The van der Waals surface area contributed by atoms with Crippen molar-refractivity contribution in [2.45, 2.75) is 25.3 Å².